The summed E-state index contributed by atoms with van der Waals surface area (Å²) < 4.78 is 30.9. The predicted molar refractivity (Wildman–Crippen MR) is 139 cm³/mol. The van der Waals surface area contributed by atoms with E-state index in [1.165, 1.54) is 19.2 Å². The van der Waals surface area contributed by atoms with E-state index in [0.29, 0.717) is 46.5 Å². The molecule has 0 fully saturated rings. The van der Waals surface area contributed by atoms with Crippen molar-refractivity contribution in [2.75, 3.05) is 24.9 Å². The number of nitrogens with one attached hydrogen (secondary N) is 2. The van der Waals surface area contributed by atoms with E-state index < -0.39 is 6.03 Å². The Hall–Kier alpha value is -5.19. The minimum Gasteiger partial charge on any atom is -0.497 e. The highest BCUT2D eigenvalue weighted by Gasteiger charge is 2.14. The van der Waals surface area contributed by atoms with Crippen LogP contribution in [-0.4, -0.2) is 39.9 Å². The van der Waals surface area contributed by atoms with Crippen LogP contribution in [0.25, 0.3) is 23.0 Å². The normalized spacial score (nSPS) is 10.7. The average Bonchev–Trinajstić information content (AvgIpc) is 3.60. The second kappa shape index (κ2) is 10.8. The first-order valence-electron chi connectivity index (χ1n) is 11.5. The number of aromatic nitrogens is 4. The lowest BCUT2D eigenvalue weighted by molar-refractivity contribution is 0.262. The van der Waals surface area contributed by atoms with E-state index in [4.69, 9.17) is 14.0 Å². The fraction of sp³-hybridized carbons (Fsp3) is 0.111. The summed E-state index contributed by atoms with van der Waals surface area (Å²) in [5, 5.41) is 9.52. The van der Waals surface area contributed by atoms with Gasteiger partial charge in [-0.05, 0) is 54.1 Å². The first-order valence-corrected chi connectivity index (χ1v) is 11.5. The van der Waals surface area contributed by atoms with E-state index in [-0.39, 0.29) is 11.7 Å². The molecule has 38 heavy (non-hydrogen) atoms. The van der Waals surface area contributed by atoms with Gasteiger partial charge in [0.25, 0.3) is 5.89 Å². The number of amides is 2. The average molecular weight is 515 g/mol. The third-order valence-corrected chi connectivity index (χ3v) is 5.61. The second-order valence-electron chi connectivity index (χ2n) is 8.20. The quantitative estimate of drug-likeness (QED) is 0.283. The van der Waals surface area contributed by atoms with Crippen molar-refractivity contribution < 1.29 is 23.2 Å². The minimum absolute atomic E-state index is 0.265. The lowest BCUT2D eigenvalue weighted by Crippen LogP contribution is -2.19. The number of nitrogens with zero attached hydrogens (tertiary/aromatic N) is 4. The van der Waals surface area contributed by atoms with Gasteiger partial charge in [-0.3, -0.25) is 0 Å². The molecule has 2 aromatic heterocycles. The molecule has 0 saturated heterocycles. The van der Waals surface area contributed by atoms with Gasteiger partial charge in [0.15, 0.2) is 0 Å². The van der Waals surface area contributed by atoms with Gasteiger partial charge in [0, 0.05) is 30.1 Å². The van der Waals surface area contributed by atoms with Crippen LogP contribution >= 0.6 is 0 Å². The van der Waals surface area contributed by atoms with E-state index in [0.717, 1.165) is 5.56 Å². The molecular formula is C27H23FN6O4. The summed E-state index contributed by atoms with van der Waals surface area (Å²) in [4.78, 5) is 21.2. The van der Waals surface area contributed by atoms with Gasteiger partial charge in [0.05, 0.1) is 26.2 Å². The SMILES string of the molecule is COc1ccc(OC)c(NC(=O)Nc2ccc(Cn3cnc(-c4nc(-c5ccc(F)cc5)no4)c3)cc2)c1. The van der Waals surface area contributed by atoms with E-state index in [2.05, 4.69) is 25.8 Å². The largest absolute Gasteiger partial charge is 0.497 e. The first-order chi connectivity index (χ1) is 18.5. The molecule has 0 aliphatic rings. The third-order valence-electron chi connectivity index (χ3n) is 5.61. The number of ether oxygens (including phenoxy) is 2. The van der Waals surface area contributed by atoms with Gasteiger partial charge in [0.2, 0.25) is 5.82 Å². The minimum atomic E-state index is -0.414. The molecule has 0 spiro atoms. The topological polar surface area (TPSA) is 116 Å². The molecule has 5 rings (SSSR count). The van der Waals surface area contributed by atoms with Gasteiger partial charge >= 0.3 is 6.03 Å². The van der Waals surface area contributed by atoms with Gasteiger partial charge in [-0.15, -0.1) is 0 Å². The van der Waals surface area contributed by atoms with Crippen LogP contribution in [0.1, 0.15) is 5.56 Å². The zero-order valence-electron chi connectivity index (χ0n) is 20.5. The van der Waals surface area contributed by atoms with E-state index >= 15 is 0 Å². The number of carbonyl (C=O) groups is 1. The smallest absolute Gasteiger partial charge is 0.323 e. The number of anilines is 2. The molecule has 2 amide bonds. The van der Waals surface area contributed by atoms with Crippen molar-refractivity contribution in [2.24, 2.45) is 0 Å². The van der Waals surface area contributed by atoms with Crippen molar-refractivity contribution in [3.8, 4) is 34.5 Å². The van der Waals surface area contributed by atoms with Gasteiger partial charge in [0.1, 0.15) is 23.0 Å². The molecule has 11 heteroatoms. The molecule has 0 atom stereocenters. The number of rotatable bonds is 8. The molecule has 2 heterocycles. The van der Waals surface area contributed by atoms with E-state index in [1.54, 1.807) is 50.0 Å². The Balaban J connectivity index is 1.20. The summed E-state index contributed by atoms with van der Waals surface area (Å²) in [5.41, 5.74) is 3.27. The number of carbonyl (C=O) groups excluding carboxylic acids is 1. The fourth-order valence-corrected chi connectivity index (χ4v) is 3.70. The zero-order valence-corrected chi connectivity index (χ0v) is 20.5. The van der Waals surface area contributed by atoms with Gasteiger partial charge in [-0.1, -0.05) is 17.3 Å². The summed E-state index contributed by atoms with van der Waals surface area (Å²) in [6, 6.07) is 18.0. The maximum Gasteiger partial charge on any atom is 0.323 e. The Bertz CT molecular complexity index is 1550. The summed E-state index contributed by atoms with van der Waals surface area (Å²) in [7, 11) is 3.08. The third kappa shape index (κ3) is 5.62. The van der Waals surface area contributed by atoms with Crippen molar-refractivity contribution in [3.63, 3.8) is 0 Å². The van der Waals surface area contributed by atoms with Crippen LogP contribution in [0.15, 0.2) is 83.8 Å². The molecule has 0 unspecified atom stereocenters. The molecule has 10 nitrogen and oxygen atoms in total. The van der Waals surface area contributed by atoms with Crippen LogP contribution < -0.4 is 20.1 Å². The predicted octanol–water partition coefficient (Wildman–Crippen LogP) is 5.45. The van der Waals surface area contributed by atoms with Crippen LogP contribution in [0, 0.1) is 5.82 Å². The number of hydrogen-bond donors (Lipinski definition) is 2. The van der Waals surface area contributed by atoms with Crippen LogP contribution in [0.2, 0.25) is 0 Å². The van der Waals surface area contributed by atoms with E-state index in [1.807, 2.05) is 28.8 Å². The monoisotopic (exact) mass is 514 g/mol. The summed E-state index contributed by atoms with van der Waals surface area (Å²) in [6.07, 6.45) is 3.46. The van der Waals surface area contributed by atoms with E-state index in [9.17, 15) is 9.18 Å². The number of methoxy groups -OCH3 is 2. The maximum absolute atomic E-state index is 13.2. The Kier molecular flexibility index (Phi) is 6.98. The van der Waals surface area contributed by atoms with Crippen LogP contribution in [0.4, 0.5) is 20.6 Å². The highest BCUT2D eigenvalue weighted by atomic mass is 19.1. The lowest BCUT2D eigenvalue weighted by atomic mass is 10.2. The van der Waals surface area contributed by atoms with Crippen LogP contribution in [-0.2, 0) is 6.54 Å². The number of hydrogen-bond acceptors (Lipinski definition) is 7. The van der Waals surface area contributed by atoms with Crippen molar-refractivity contribution in [2.45, 2.75) is 6.54 Å². The van der Waals surface area contributed by atoms with Crippen molar-refractivity contribution in [1.29, 1.82) is 0 Å². The molecule has 0 bridgehead atoms. The molecular weight excluding hydrogens is 491 g/mol. The molecule has 3 aromatic carbocycles. The fourth-order valence-electron chi connectivity index (χ4n) is 3.70. The number of benzene rings is 3. The Morgan fingerprint density at radius 1 is 1.00 bits per heavy atom. The molecule has 0 radical (unpaired) electrons. The second-order valence-corrected chi connectivity index (χ2v) is 8.20. The molecule has 0 aliphatic carbocycles. The highest BCUT2D eigenvalue weighted by molar-refractivity contribution is 6.00. The Morgan fingerprint density at radius 2 is 1.79 bits per heavy atom. The first kappa shape index (κ1) is 24.5. The highest BCUT2D eigenvalue weighted by Crippen LogP contribution is 2.29. The summed E-state index contributed by atoms with van der Waals surface area (Å²) in [5.74, 6) is 1.40. The summed E-state index contributed by atoms with van der Waals surface area (Å²) >= 11 is 0. The van der Waals surface area contributed by atoms with Crippen molar-refractivity contribution in [1.82, 2.24) is 19.7 Å². The van der Waals surface area contributed by atoms with Crippen LogP contribution in [0.5, 0.6) is 11.5 Å². The number of imidazole rings is 1. The maximum atomic E-state index is 13.2. The lowest BCUT2D eigenvalue weighted by Gasteiger charge is -2.13. The van der Waals surface area contributed by atoms with Gasteiger partial charge in [-0.25, -0.2) is 14.2 Å². The summed E-state index contributed by atoms with van der Waals surface area (Å²) in [6.45, 7) is 0.541. The Labute approximate surface area is 217 Å². The number of urea groups is 1. The molecule has 192 valence electrons. The zero-order chi connectivity index (χ0) is 26.5. The van der Waals surface area contributed by atoms with Gasteiger partial charge in [-0.2, -0.15) is 4.98 Å². The number of halogens is 1. The Morgan fingerprint density at radius 3 is 2.53 bits per heavy atom. The molecule has 5 aromatic rings. The molecule has 0 aliphatic heterocycles. The molecule has 0 saturated carbocycles. The molecule has 2 N–H and O–H groups in total. The van der Waals surface area contributed by atoms with Crippen LogP contribution in [0.3, 0.4) is 0 Å². The van der Waals surface area contributed by atoms with Crippen molar-refractivity contribution >= 4 is 17.4 Å². The van der Waals surface area contributed by atoms with Gasteiger partial charge < -0.3 is 29.2 Å². The van der Waals surface area contributed by atoms with Crippen molar-refractivity contribution in [3.05, 3.63) is 90.6 Å². The standard InChI is InChI=1S/C27H23FN6O4/c1-36-21-11-12-24(37-2)22(13-21)31-27(35)30-20-9-3-17(4-10-20)14-34-15-23(29-16-34)26-32-25(33-38-26)18-5-7-19(28)8-6-18/h3-13,15-16H,14H2,1-2H3,(H2,30,31,35).